The fourth-order valence-corrected chi connectivity index (χ4v) is 4.25. The molecule has 0 saturated heterocycles. The maximum absolute atomic E-state index is 13.3. The maximum Gasteiger partial charge on any atom is 0.436 e. The van der Waals surface area contributed by atoms with Crippen LogP contribution in [-0.4, -0.2) is 46.7 Å². The SMILES string of the molecule is Cc1cc(I)cc(C(=O)O)c1NC(=O)c1cc(Cn2ncc(C(F)(F)F)n2)nn1-c1ncccc1Cl. The van der Waals surface area contributed by atoms with Crippen molar-refractivity contribution >= 4 is 51.8 Å². The number of alkyl halides is 3. The number of aryl methyl sites for hydroxylation is 1. The lowest BCUT2D eigenvalue weighted by molar-refractivity contribution is -0.141. The molecule has 0 unspecified atom stereocenters. The van der Waals surface area contributed by atoms with E-state index in [4.69, 9.17) is 11.6 Å². The third-order valence-electron chi connectivity index (χ3n) is 4.83. The Labute approximate surface area is 219 Å². The molecule has 1 aromatic carbocycles. The minimum absolute atomic E-state index is 0.0813. The number of nitrogens with one attached hydrogen (secondary N) is 1. The average molecular weight is 632 g/mol. The zero-order valence-corrected chi connectivity index (χ0v) is 21.0. The lowest BCUT2D eigenvalue weighted by atomic mass is 10.1. The van der Waals surface area contributed by atoms with Gasteiger partial charge in [0.2, 0.25) is 0 Å². The van der Waals surface area contributed by atoms with E-state index < -0.39 is 23.7 Å². The highest BCUT2D eigenvalue weighted by molar-refractivity contribution is 14.1. The first-order valence-electron chi connectivity index (χ1n) is 9.96. The molecule has 36 heavy (non-hydrogen) atoms. The van der Waals surface area contributed by atoms with Crippen molar-refractivity contribution in [1.29, 1.82) is 0 Å². The van der Waals surface area contributed by atoms with Crippen molar-refractivity contribution in [3.05, 3.63) is 79.5 Å². The summed E-state index contributed by atoms with van der Waals surface area (Å²) in [6, 6.07) is 7.49. The molecule has 10 nitrogen and oxygen atoms in total. The normalized spacial score (nSPS) is 11.5. The highest BCUT2D eigenvalue weighted by atomic mass is 127. The number of rotatable bonds is 6. The fraction of sp³-hybridized carbons (Fsp3) is 0.143. The van der Waals surface area contributed by atoms with Crippen LogP contribution in [0.5, 0.6) is 0 Å². The number of nitrogens with zero attached hydrogens (tertiary/aromatic N) is 6. The topological polar surface area (TPSA) is 128 Å². The fourth-order valence-electron chi connectivity index (χ4n) is 3.27. The molecule has 4 rings (SSSR count). The number of carboxylic acids is 1. The molecule has 3 aromatic heterocycles. The largest absolute Gasteiger partial charge is 0.478 e. The number of benzene rings is 1. The predicted molar refractivity (Wildman–Crippen MR) is 129 cm³/mol. The molecule has 0 bridgehead atoms. The molecule has 4 aromatic rings. The van der Waals surface area contributed by atoms with E-state index >= 15 is 0 Å². The minimum Gasteiger partial charge on any atom is -0.478 e. The number of pyridine rings is 1. The number of hydrogen-bond donors (Lipinski definition) is 2. The Kier molecular flexibility index (Phi) is 6.99. The molecule has 0 saturated carbocycles. The second-order valence-corrected chi connectivity index (χ2v) is 9.06. The summed E-state index contributed by atoms with van der Waals surface area (Å²) in [5.41, 5.74) is -0.668. The van der Waals surface area contributed by atoms with Crippen molar-refractivity contribution in [1.82, 2.24) is 29.8 Å². The van der Waals surface area contributed by atoms with E-state index in [9.17, 15) is 27.9 Å². The number of amides is 1. The predicted octanol–water partition coefficient (Wildman–Crippen LogP) is 4.44. The summed E-state index contributed by atoms with van der Waals surface area (Å²) in [5.74, 6) is -1.90. The van der Waals surface area contributed by atoms with Gasteiger partial charge in [0.25, 0.3) is 5.91 Å². The van der Waals surface area contributed by atoms with Crippen LogP contribution < -0.4 is 5.32 Å². The van der Waals surface area contributed by atoms with Crippen LogP contribution in [0.1, 0.15) is 37.8 Å². The zero-order valence-electron chi connectivity index (χ0n) is 18.1. The molecule has 0 atom stereocenters. The van der Waals surface area contributed by atoms with Crippen molar-refractivity contribution < 1.29 is 27.9 Å². The molecule has 3 heterocycles. The van der Waals surface area contributed by atoms with E-state index in [1.165, 1.54) is 24.4 Å². The lowest BCUT2D eigenvalue weighted by Gasteiger charge is -2.13. The van der Waals surface area contributed by atoms with E-state index in [0.717, 1.165) is 9.48 Å². The maximum atomic E-state index is 13.3. The number of halogens is 5. The van der Waals surface area contributed by atoms with Crippen molar-refractivity contribution in [2.75, 3.05) is 5.32 Å². The highest BCUT2D eigenvalue weighted by Gasteiger charge is 2.34. The Morgan fingerprint density at radius 3 is 2.61 bits per heavy atom. The Hall–Kier alpha value is -3.53. The zero-order chi connectivity index (χ0) is 26.2. The smallest absolute Gasteiger partial charge is 0.436 e. The van der Waals surface area contributed by atoms with Crippen molar-refractivity contribution in [3.8, 4) is 5.82 Å². The summed E-state index contributed by atoms with van der Waals surface area (Å²) in [5, 5.41) is 23.6. The number of aromatic nitrogens is 6. The molecule has 2 N–H and O–H groups in total. The van der Waals surface area contributed by atoms with Crippen LogP contribution in [0.2, 0.25) is 5.02 Å². The molecule has 0 aliphatic heterocycles. The van der Waals surface area contributed by atoms with Crippen LogP contribution in [0.4, 0.5) is 18.9 Å². The summed E-state index contributed by atoms with van der Waals surface area (Å²) in [6.07, 6.45) is -2.68. The lowest BCUT2D eigenvalue weighted by Crippen LogP contribution is -2.20. The molecule has 0 fully saturated rings. The number of hydrogen-bond acceptors (Lipinski definition) is 6. The van der Waals surface area contributed by atoms with Crippen LogP contribution in [-0.2, 0) is 12.7 Å². The number of aromatic carboxylic acids is 1. The quantitative estimate of drug-likeness (QED) is 0.301. The Bertz CT molecular complexity index is 1490. The van der Waals surface area contributed by atoms with Crippen LogP contribution in [0, 0.1) is 10.5 Å². The molecule has 0 spiro atoms. The molecule has 1 amide bonds. The third-order valence-corrected chi connectivity index (χ3v) is 5.75. The Morgan fingerprint density at radius 2 is 1.97 bits per heavy atom. The first-order chi connectivity index (χ1) is 16.9. The van der Waals surface area contributed by atoms with Gasteiger partial charge < -0.3 is 10.4 Å². The van der Waals surface area contributed by atoms with Crippen LogP contribution in [0.15, 0.2) is 42.7 Å². The summed E-state index contributed by atoms with van der Waals surface area (Å²) in [6.45, 7) is 1.35. The molecule has 0 aliphatic carbocycles. The second kappa shape index (κ2) is 9.85. The summed E-state index contributed by atoms with van der Waals surface area (Å²) < 4.78 is 40.4. The molecular weight excluding hydrogens is 618 g/mol. The van der Waals surface area contributed by atoms with E-state index in [0.29, 0.717) is 15.3 Å². The van der Waals surface area contributed by atoms with Crippen LogP contribution in [0.25, 0.3) is 5.82 Å². The number of carbonyl (C=O) groups is 2. The van der Waals surface area contributed by atoms with Gasteiger partial charge in [-0.05, 0) is 65.4 Å². The van der Waals surface area contributed by atoms with Gasteiger partial charge in [-0.1, -0.05) is 11.6 Å². The van der Waals surface area contributed by atoms with Crippen molar-refractivity contribution in [2.45, 2.75) is 19.6 Å². The Balaban J connectivity index is 1.75. The number of anilines is 1. The molecular formula is C21H14ClF3IN7O3. The van der Waals surface area contributed by atoms with Crippen molar-refractivity contribution in [2.24, 2.45) is 0 Å². The minimum atomic E-state index is -4.67. The number of carboxylic acid groups (broad SMARTS) is 1. The summed E-state index contributed by atoms with van der Waals surface area (Å²) in [7, 11) is 0. The monoisotopic (exact) mass is 631 g/mol. The first kappa shape index (κ1) is 25.6. The van der Waals surface area contributed by atoms with Gasteiger partial charge in [0.1, 0.15) is 12.2 Å². The molecule has 0 radical (unpaired) electrons. The molecule has 186 valence electrons. The third kappa shape index (κ3) is 5.33. The summed E-state index contributed by atoms with van der Waals surface area (Å²) >= 11 is 8.21. The molecule has 15 heteroatoms. The van der Waals surface area contributed by atoms with Gasteiger partial charge in [-0.25, -0.2) is 14.5 Å². The van der Waals surface area contributed by atoms with E-state index in [2.05, 4.69) is 25.6 Å². The van der Waals surface area contributed by atoms with Crippen LogP contribution in [0.3, 0.4) is 0 Å². The van der Waals surface area contributed by atoms with Crippen molar-refractivity contribution in [3.63, 3.8) is 0 Å². The summed E-state index contributed by atoms with van der Waals surface area (Å²) in [4.78, 5) is 30.0. The second-order valence-electron chi connectivity index (χ2n) is 7.40. The van der Waals surface area contributed by atoms with Gasteiger partial charge in [-0.15, -0.1) is 5.10 Å². The van der Waals surface area contributed by atoms with Gasteiger partial charge in [-0.2, -0.15) is 28.2 Å². The van der Waals surface area contributed by atoms with Gasteiger partial charge in [0.15, 0.2) is 11.5 Å². The van der Waals surface area contributed by atoms with Gasteiger partial charge >= 0.3 is 12.1 Å². The highest BCUT2D eigenvalue weighted by Crippen LogP contribution is 2.28. The number of carbonyl (C=O) groups excluding carboxylic acids is 1. The van der Waals surface area contributed by atoms with Gasteiger partial charge in [0, 0.05) is 9.77 Å². The standard InChI is InChI=1S/C21H14ClF3IN7O3/c1-10-5-11(26)6-13(20(35)36)17(10)29-19(34)15-7-12(9-32-28-8-16(31-32)21(23,24)25)30-33(15)18-14(22)3-2-4-27-18/h2-8H,9H2,1H3,(H,29,34)(H,35,36). The molecule has 0 aliphatic rings. The van der Waals surface area contributed by atoms with Gasteiger partial charge in [-0.3, -0.25) is 4.79 Å². The first-order valence-corrected chi connectivity index (χ1v) is 11.4. The van der Waals surface area contributed by atoms with Crippen LogP contribution >= 0.6 is 34.2 Å². The Morgan fingerprint density at radius 1 is 1.22 bits per heavy atom. The average Bonchev–Trinajstić information content (AvgIpc) is 3.43. The van der Waals surface area contributed by atoms with E-state index in [-0.39, 0.29) is 40.0 Å². The van der Waals surface area contributed by atoms with E-state index in [1.54, 1.807) is 19.1 Å². The van der Waals surface area contributed by atoms with E-state index in [1.807, 2.05) is 22.6 Å². The van der Waals surface area contributed by atoms with Gasteiger partial charge in [0.05, 0.1) is 28.2 Å².